The number of ketones is 1. The first-order valence-corrected chi connectivity index (χ1v) is 19.8. The Hall–Kier alpha value is -2.95. The van der Waals surface area contributed by atoms with Crippen molar-refractivity contribution < 1.29 is 53.5 Å². The summed E-state index contributed by atoms with van der Waals surface area (Å²) in [6.07, 6.45) is 14.5. The summed E-state index contributed by atoms with van der Waals surface area (Å²) in [7, 11) is 0. The second-order valence-electron chi connectivity index (χ2n) is 18.2. The molecule has 0 atom stereocenters. The van der Waals surface area contributed by atoms with Crippen LogP contribution in [0.15, 0.2) is 11.3 Å². The van der Waals surface area contributed by atoms with Gasteiger partial charge in [0.25, 0.3) is 5.79 Å². The molecule has 0 radical (unpaired) electrons. The van der Waals surface area contributed by atoms with Crippen LogP contribution in [-0.2, 0) is 38.2 Å². The summed E-state index contributed by atoms with van der Waals surface area (Å²) in [6.45, 7) is 20.6. The second kappa shape index (κ2) is 21.8. The fraction of sp³-hybridized carbons (Fsp3) is 0.833. The molecule has 306 valence electrons. The van der Waals surface area contributed by atoms with E-state index >= 15 is 0 Å². The van der Waals surface area contributed by atoms with Crippen molar-refractivity contribution in [2.75, 3.05) is 13.2 Å². The summed E-state index contributed by atoms with van der Waals surface area (Å²) < 4.78 is 14.8. The van der Waals surface area contributed by atoms with E-state index < -0.39 is 23.7 Å². The number of hydrogen-bond acceptors (Lipinski definition) is 10. The topological polar surface area (TPSA) is 174 Å². The van der Waals surface area contributed by atoms with E-state index in [1.165, 1.54) is 39.5 Å². The quantitative estimate of drug-likeness (QED) is 0.0674. The van der Waals surface area contributed by atoms with E-state index in [1.54, 1.807) is 13.8 Å². The van der Waals surface area contributed by atoms with Crippen LogP contribution >= 0.6 is 0 Å². The van der Waals surface area contributed by atoms with Gasteiger partial charge in [0, 0.05) is 39.7 Å². The Balaban J connectivity index is 0.000000395. The Labute approximate surface area is 319 Å². The van der Waals surface area contributed by atoms with Crippen LogP contribution in [0.1, 0.15) is 172 Å². The molecule has 0 aromatic rings. The molecule has 0 spiro atoms. The number of aliphatic carboxylic acids is 1. The molecule has 3 aliphatic carbocycles. The number of carbonyl (C=O) groups is 5. The minimum atomic E-state index is -1.27. The number of allylic oxidation sites excluding steroid dienone is 1. The fourth-order valence-electron chi connectivity index (χ4n) is 7.27. The van der Waals surface area contributed by atoms with E-state index in [0.29, 0.717) is 59.9 Å². The molecule has 0 amide bonds. The number of esters is 3. The number of rotatable bonds is 9. The Morgan fingerprint density at radius 3 is 1.32 bits per heavy atom. The highest BCUT2D eigenvalue weighted by atomic mass is 16.7. The molecular formula is C42H72O11. The lowest BCUT2D eigenvalue weighted by Gasteiger charge is -2.34. The highest BCUT2D eigenvalue weighted by molar-refractivity contribution is 6.15. The molecule has 3 saturated carbocycles. The highest BCUT2D eigenvalue weighted by Crippen LogP contribution is 2.42. The van der Waals surface area contributed by atoms with Gasteiger partial charge in [0.2, 0.25) is 0 Å². The van der Waals surface area contributed by atoms with Crippen LogP contribution < -0.4 is 0 Å². The lowest BCUT2D eigenvalue weighted by molar-refractivity contribution is -0.222. The van der Waals surface area contributed by atoms with Gasteiger partial charge in [-0.25, -0.2) is 9.59 Å². The molecule has 11 heteroatoms. The maximum atomic E-state index is 11.9. The molecule has 53 heavy (non-hydrogen) atoms. The third kappa shape index (κ3) is 19.8. The van der Waals surface area contributed by atoms with Crippen molar-refractivity contribution in [1.29, 1.82) is 0 Å². The molecule has 4 fully saturated rings. The minimum absolute atomic E-state index is 0.0353. The number of Topliss-reactive ketones (excluding diaryl/α,β-unsaturated/α-hetero) is 1. The Kier molecular flexibility index (Phi) is 19.8. The molecule has 0 aromatic carbocycles. The maximum Gasteiger partial charge on any atom is 0.352 e. The van der Waals surface area contributed by atoms with Gasteiger partial charge >= 0.3 is 23.9 Å². The zero-order valence-electron chi connectivity index (χ0n) is 34.6. The van der Waals surface area contributed by atoms with E-state index in [-0.39, 0.29) is 36.1 Å². The van der Waals surface area contributed by atoms with Gasteiger partial charge in [-0.3, -0.25) is 14.4 Å². The SMILES string of the molecule is CC1(C)CCC(CC(=O)O)CC1.CC1(C)CCC(CC(O)=C2C(=O)OC(C)(C)OC2=O)CC1.CCO.CCOC(=O)CC(=O)CC1CCC(C)(C)CC1. The standard InChI is InChI=1S/C16H24O5.C14H24O3.C10H18O2.C2H6O/c1-15(2)7-5-10(6-8-15)9-11(17)12-13(18)20-16(3,4)21-14(12)19;1-4-17-13(16)10-12(15)9-11-5-7-14(2,3)8-6-11;1-10(2)5-3-8(4-6-10)7-9(11)12;1-2-3/h10,17H,5-9H2,1-4H3;11H,4-10H2,1-3H3;8H,3-7H2,1-2H3,(H,11,12);3H,2H2,1H3. The first-order chi connectivity index (χ1) is 24.4. The van der Waals surface area contributed by atoms with Crippen molar-refractivity contribution in [1.82, 2.24) is 0 Å². The van der Waals surface area contributed by atoms with Crippen LogP contribution in [0.2, 0.25) is 0 Å². The van der Waals surface area contributed by atoms with Crippen LogP contribution in [0.3, 0.4) is 0 Å². The Bertz CT molecular complexity index is 1190. The monoisotopic (exact) mass is 753 g/mol. The zero-order chi connectivity index (χ0) is 40.6. The van der Waals surface area contributed by atoms with Crippen molar-refractivity contribution in [3.8, 4) is 0 Å². The molecule has 1 heterocycles. The maximum absolute atomic E-state index is 11.9. The largest absolute Gasteiger partial charge is 0.511 e. The highest BCUT2D eigenvalue weighted by Gasteiger charge is 2.41. The molecule has 3 N–H and O–H groups in total. The van der Waals surface area contributed by atoms with E-state index in [0.717, 1.165) is 51.4 Å². The predicted octanol–water partition coefficient (Wildman–Crippen LogP) is 9.03. The number of hydrogen-bond donors (Lipinski definition) is 3. The summed E-state index contributed by atoms with van der Waals surface area (Å²) in [5.41, 5.74) is 0.876. The van der Waals surface area contributed by atoms with Gasteiger partial charge in [0.1, 0.15) is 18.0 Å². The Morgan fingerprint density at radius 1 is 0.642 bits per heavy atom. The second-order valence-corrected chi connectivity index (χ2v) is 18.2. The van der Waals surface area contributed by atoms with Crippen molar-refractivity contribution in [3.05, 3.63) is 11.3 Å². The van der Waals surface area contributed by atoms with Crippen LogP contribution in [-0.4, -0.2) is 64.0 Å². The van der Waals surface area contributed by atoms with Gasteiger partial charge in [-0.05, 0) is 125 Å². The van der Waals surface area contributed by atoms with Crippen LogP contribution in [0.25, 0.3) is 0 Å². The fourth-order valence-corrected chi connectivity index (χ4v) is 7.27. The van der Waals surface area contributed by atoms with Gasteiger partial charge in [-0.2, -0.15) is 0 Å². The van der Waals surface area contributed by atoms with E-state index in [4.69, 9.17) is 24.4 Å². The van der Waals surface area contributed by atoms with Crippen molar-refractivity contribution in [2.45, 2.75) is 178 Å². The normalized spacial score (nSPS) is 22.1. The molecule has 0 unspecified atom stereocenters. The molecule has 1 aliphatic heterocycles. The molecule has 0 aromatic heterocycles. The van der Waals surface area contributed by atoms with Gasteiger partial charge < -0.3 is 29.5 Å². The first kappa shape index (κ1) is 48.1. The van der Waals surface area contributed by atoms with E-state index in [1.807, 2.05) is 0 Å². The third-order valence-electron chi connectivity index (χ3n) is 10.9. The van der Waals surface area contributed by atoms with E-state index in [2.05, 4.69) is 41.5 Å². The molecule has 11 nitrogen and oxygen atoms in total. The number of aliphatic hydroxyl groups excluding tert-OH is 2. The van der Waals surface area contributed by atoms with E-state index in [9.17, 15) is 29.1 Å². The number of cyclic esters (lactones) is 2. The number of ether oxygens (including phenoxy) is 3. The first-order valence-electron chi connectivity index (χ1n) is 19.8. The van der Waals surface area contributed by atoms with Crippen LogP contribution in [0.4, 0.5) is 0 Å². The van der Waals surface area contributed by atoms with Crippen LogP contribution in [0.5, 0.6) is 0 Å². The summed E-state index contributed by atoms with van der Waals surface area (Å²) in [4.78, 5) is 57.0. The summed E-state index contributed by atoms with van der Waals surface area (Å²) in [6, 6.07) is 0. The smallest absolute Gasteiger partial charge is 0.352 e. The van der Waals surface area contributed by atoms with Gasteiger partial charge in [-0.15, -0.1) is 0 Å². The average Bonchev–Trinajstić information content (AvgIpc) is 3.00. The van der Waals surface area contributed by atoms with Gasteiger partial charge in [0.15, 0.2) is 5.57 Å². The predicted molar refractivity (Wildman–Crippen MR) is 204 cm³/mol. The van der Waals surface area contributed by atoms with Gasteiger partial charge in [0.05, 0.1) is 6.61 Å². The van der Waals surface area contributed by atoms with Gasteiger partial charge in [-0.1, -0.05) is 41.5 Å². The zero-order valence-corrected chi connectivity index (χ0v) is 34.6. The lowest BCUT2D eigenvalue weighted by atomic mass is 9.72. The summed E-state index contributed by atoms with van der Waals surface area (Å²) >= 11 is 0. The minimum Gasteiger partial charge on any atom is -0.511 e. The molecule has 1 saturated heterocycles. The number of carboxylic acid groups (broad SMARTS) is 1. The Morgan fingerprint density at radius 2 is 0.981 bits per heavy atom. The molecule has 4 aliphatic rings. The summed E-state index contributed by atoms with van der Waals surface area (Å²) in [5.74, 6) is -2.85. The molecular weight excluding hydrogens is 680 g/mol. The number of aliphatic hydroxyl groups is 2. The molecule has 4 rings (SSSR count). The number of carboxylic acids is 1. The summed E-state index contributed by atoms with van der Waals surface area (Å²) in [5, 5.41) is 26.3. The van der Waals surface area contributed by atoms with Crippen LogP contribution in [0, 0.1) is 34.0 Å². The van der Waals surface area contributed by atoms with Crippen molar-refractivity contribution >= 4 is 29.7 Å². The lowest BCUT2D eigenvalue weighted by Crippen LogP contribution is -2.42. The number of carbonyl (C=O) groups excluding carboxylic acids is 4. The third-order valence-corrected chi connectivity index (χ3v) is 10.9. The van der Waals surface area contributed by atoms with Crippen molar-refractivity contribution in [3.63, 3.8) is 0 Å². The van der Waals surface area contributed by atoms with Crippen molar-refractivity contribution in [2.24, 2.45) is 34.0 Å². The molecule has 0 bridgehead atoms. The average molecular weight is 753 g/mol.